The molecule has 6 nitrogen and oxygen atoms in total. The zero-order valence-electron chi connectivity index (χ0n) is 18.4. The summed E-state index contributed by atoms with van der Waals surface area (Å²) in [4.78, 5) is 0.104. The molecule has 32 heavy (non-hydrogen) atoms. The lowest BCUT2D eigenvalue weighted by atomic mass is 9.86. The normalized spacial score (nSPS) is 18.1. The van der Waals surface area contributed by atoms with Crippen molar-refractivity contribution in [2.45, 2.75) is 30.1 Å². The zero-order valence-corrected chi connectivity index (χ0v) is 19.2. The van der Waals surface area contributed by atoms with Gasteiger partial charge in [0.25, 0.3) is 0 Å². The molecule has 2 aromatic carbocycles. The van der Waals surface area contributed by atoms with Crippen LogP contribution in [0.2, 0.25) is 0 Å². The zero-order chi connectivity index (χ0) is 22.7. The van der Waals surface area contributed by atoms with Crippen molar-refractivity contribution in [2.24, 2.45) is 13.0 Å². The highest BCUT2D eigenvalue weighted by Crippen LogP contribution is 2.41. The molecule has 0 amide bonds. The van der Waals surface area contributed by atoms with Crippen LogP contribution >= 0.6 is 0 Å². The van der Waals surface area contributed by atoms with Gasteiger partial charge in [0.05, 0.1) is 6.20 Å². The second kappa shape index (κ2) is 9.52. The minimum atomic E-state index is -3.67. The number of nitrogens with zero attached hydrogens (tertiary/aromatic N) is 2. The molecular weight excluding hydrogens is 427 g/mol. The van der Waals surface area contributed by atoms with Crippen molar-refractivity contribution < 1.29 is 12.8 Å². The predicted molar refractivity (Wildman–Crippen MR) is 123 cm³/mol. The summed E-state index contributed by atoms with van der Waals surface area (Å²) in [7, 11) is -0.0594. The summed E-state index contributed by atoms with van der Waals surface area (Å²) in [5.74, 6) is 0.424. The highest BCUT2D eigenvalue weighted by atomic mass is 32.2. The summed E-state index contributed by atoms with van der Waals surface area (Å²) >= 11 is 0. The van der Waals surface area contributed by atoms with Crippen molar-refractivity contribution in [1.29, 1.82) is 0 Å². The molecule has 2 unspecified atom stereocenters. The Kier molecular flexibility index (Phi) is 6.74. The lowest BCUT2D eigenvalue weighted by molar-refractivity contribution is 0.436. The van der Waals surface area contributed by atoms with Gasteiger partial charge in [0.15, 0.2) is 0 Å². The number of benzene rings is 2. The van der Waals surface area contributed by atoms with Crippen LogP contribution < -0.4 is 10.0 Å². The van der Waals surface area contributed by atoms with Crippen LogP contribution in [0.4, 0.5) is 4.39 Å². The number of hydrogen-bond acceptors (Lipinski definition) is 4. The van der Waals surface area contributed by atoms with Gasteiger partial charge in [0, 0.05) is 19.8 Å². The van der Waals surface area contributed by atoms with Gasteiger partial charge < -0.3 is 5.32 Å². The van der Waals surface area contributed by atoms with E-state index in [1.807, 2.05) is 31.3 Å². The van der Waals surface area contributed by atoms with Crippen LogP contribution in [0.25, 0.3) is 0 Å². The summed E-state index contributed by atoms with van der Waals surface area (Å²) < 4.78 is 43.7. The Morgan fingerprint density at radius 1 is 1.22 bits per heavy atom. The minimum Gasteiger partial charge on any atom is -0.319 e. The maximum Gasteiger partial charge on any atom is 0.243 e. The molecular formula is C24H29FN4O2S. The summed E-state index contributed by atoms with van der Waals surface area (Å²) in [6.45, 7) is 0.990. The molecule has 0 radical (unpaired) electrons. The van der Waals surface area contributed by atoms with Crippen molar-refractivity contribution in [3.63, 3.8) is 0 Å². The highest BCUT2D eigenvalue weighted by molar-refractivity contribution is 7.89. The fraction of sp³-hybridized carbons (Fsp3) is 0.375. The number of fused-ring (bicyclic) bond motifs is 1. The van der Waals surface area contributed by atoms with E-state index in [1.165, 1.54) is 28.2 Å². The van der Waals surface area contributed by atoms with Gasteiger partial charge in [-0.05, 0) is 73.0 Å². The minimum absolute atomic E-state index is 0.104. The van der Waals surface area contributed by atoms with Crippen molar-refractivity contribution in [3.05, 3.63) is 82.9 Å². The summed E-state index contributed by atoms with van der Waals surface area (Å²) in [5.41, 5.74) is 4.05. The Morgan fingerprint density at radius 3 is 2.69 bits per heavy atom. The lowest BCUT2D eigenvalue weighted by Crippen LogP contribution is -2.26. The largest absolute Gasteiger partial charge is 0.319 e. The SMILES string of the molecule is CNCC1Cc2cc(F)c(CCNS(=O)(=O)c3cnn(C)c3)cc2C1Cc1ccccc1. The predicted octanol–water partition coefficient (Wildman–Crippen LogP) is 2.80. The first kappa shape index (κ1) is 22.6. The number of hydrogen-bond donors (Lipinski definition) is 2. The van der Waals surface area contributed by atoms with Crippen LogP contribution in [0.1, 0.15) is 28.2 Å². The van der Waals surface area contributed by atoms with Gasteiger partial charge in [-0.2, -0.15) is 5.10 Å². The first-order valence-corrected chi connectivity index (χ1v) is 12.3. The second-order valence-corrected chi connectivity index (χ2v) is 10.2. The molecule has 3 aromatic rings. The van der Waals surface area contributed by atoms with Crippen molar-refractivity contribution in [2.75, 3.05) is 20.1 Å². The molecule has 0 fully saturated rings. The van der Waals surface area contributed by atoms with E-state index < -0.39 is 10.0 Å². The fourth-order valence-electron chi connectivity index (χ4n) is 4.63. The molecule has 0 spiro atoms. The average molecular weight is 457 g/mol. The molecule has 0 saturated heterocycles. The van der Waals surface area contributed by atoms with Crippen molar-refractivity contribution in [1.82, 2.24) is 19.8 Å². The summed E-state index contributed by atoms with van der Waals surface area (Å²) in [5, 5.41) is 7.18. The van der Waals surface area contributed by atoms with E-state index in [1.54, 1.807) is 13.1 Å². The third kappa shape index (κ3) is 4.92. The third-order valence-electron chi connectivity index (χ3n) is 6.20. The first-order valence-electron chi connectivity index (χ1n) is 10.9. The maximum absolute atomic E-state index is 14.9. The van der Waals surface area contributed by atoms with Gasteiger partial charge in [0.2, 0.25) is 10.0 Å². The van der Waals surface area contributed by atoms with E-state index in [4.69, 9.17) is 0 Å². The highest BCUT2D eigenvalue weighted by Gasteiger charge is 2.33. The molecule has 170 valence electrons. The van der Waals surface area contributed by atoms with Gasteiger partial charge in [0.1, 0.15) is 10.7 Å². The van der Waals surface area contributed by atoms with Crippen LogP contribution in [0, 0.1) is 11.7 Å². The average Bonchev–Trinajstić information content (AvgIpc) is 3.34. The molecule has 1 aliphatic carbocycles. The third-order valence-corrected chi connectivity index (χ3v) is 7.62. The number of sulfonamides is 1. The smallest absolute Gasteiger partial charge is 0.243 e. The monoisotopic (exact) mass is 456 g/mol. The molecule has 4 rings (SSSR count). The van der Waals surface area contributed by atoms with E-state index >= 15 is 0 Å². The van der Waals surface area contributed by atoms with Crippen LogP contribution in [0.15, 0.2) is 59.8 Å². The molecule has 0 aliphatic heterocycles. The van der Waals surface area contributed by atoms with Gasteiger partial charge in [-0.25, -0.2) is 17.5 Å². The molecule has 1 aliphatic rings. The topological polar surface area (TPSA) is 76.0 Å². The fourth-order valence-corrected chi connectivity index (χ4v) is 5.65. The molecule has 2 atom stereocenters. The standard InChI is InChI=1S/C24H29FN4O2S/c1-26-14-20-11-19-13-24(25)18(8-9-28-32(30,31)21-15-27-29(2)16-21)12-23(19)22(20)10-17-6-4-3-5-7-17/h3-7,12-13,15-16,20,22,26,28H,8-11,14H2,1-2H3. The Hall–Kier alpha value is -2.55. The van der Waals surface area contributed by atoms with Crippen molar-refractivity contribution in [3.8, 4) is 0 Å². The first-order chi connectivity index (χ1) is 15.4. The molecule has 2 N–H and O–H groups in total. The number of nitrogens with one attached hydrogen (secondary N) is 2. The quantitative estimate of drug-likeness (QED) is 0.519. The van der Waals surface area contributed by atoms with Gasteiger partial charge in [-0.1, -0.05) is 36.4 Å². The van der Waals surface area contributed by atoms with Crippen LogP contribution in [0.3, 0.4) is 0 Å². The molecule has 1 aromatic heterocycles. The Bertz CT molecular complexity index is 1180. The van der Waals surface area contributed by atoms with Crippen LogP contribution in [-0.2, 0) is 36.3 Å². The van der Waals surface area contributed by atoms with E-state index in [9.17, 15) is 12.8 Å². The van der Waals surface area contributed by atoms with E-state index in [0.717, 1.165) is 24.9 Å². The number of rotatable bonds is 9. The molecule has 8 heteroatoms. The van der Waals surface area contributed by atoms with Gasteiger partial charge >= 0.3 is 0 Å². The molecule has 1 heterocycles. The van der Waals surface area contributed by atoms with E-state index in [2.05, 4.69) is 27.3 Å². The van der Waals surface area contributed by atoms with Crippen LogP contribution in [-0.4, -0.2) is 38.3 Å². The maximum atomic E-state index is 14.9. The summed E-state index contributed by atoms with van der Waals surface area (Å²) in [6.07, 6.45) is 4.77. The van der Waals surface area contributed by atoms with Crippen molar-refractivity contribution >= 4 is 10.0 Å². The molecule has 0 bridgehead atoms. The van der Waals surface area contributed by atoms with Gasteiger partial charge in [-0.15, -0.1) is 0 Å². The van der Waals surface area contributed by atoms with Gasteiger partial charge in [-0.3, -0.25) is 4.68 Å². The van der Waals surface area contributed by atoms with E-state index in [0.29, 0.717) is 17.4 Å². The Morgan fingerprint density at radius 2 is 2.00 bits per heavy atom. The van der Waals surface area contributed by atoms with Crippen LogP contribution in [0.5, 0.6) is 0 Å². The summed E-state index contributed by atoms with van der Waals surface area (Å²) in [6, 6.07) is 14.0. The number of aromatic nitrogens is 2. The number of halogens is 1. The lowest BCUT2D eigenvalue weighted by Gasteiger charge is -2.21. The Balaban J connectivity index is 1.52. The Labute approximate surface area is 188 Å². The van der Waals surface area contributed by atoms with E-state index in [-0.39, 0.29) is 23.7 Å². The number of aryl methyl sites for hydroxylation is 1. The second-order valence-electron chi connectivity index (χ2n) is 8.46. The molecule has 0 saturated carbocycles.